The second-order valence-electron chi connectivity index (χ2n) is 2.70. The van der Waals surface area contributed by atoms with Crippen LogP contribution in [0.25, 0.3) is 0 Å². The van der Waals surface area contributed by atoms with Crippen LogP contribution in [0.15, 0.2) is 14.3 Å². The Morgan fingerprint density at radius 3 is 2.60 bits per heavy atom. The largest absolute Gasteiger partial charge is 0.370 e. The molecule has 0 unspecified atom stereocenters. The zero-order valence-corrected chi connectivity index (χ0v) is 11.5. The van der Waals surface area contributed by atoms with Gasteiger partial charge in [-0.05, 0) is 37.9 Å². The molecule has 0 aromatic carbocycles. The zero-order chi connectivity index (χ0) is 11.4. The third kappa shape index (κ3) is 3.92. The molecule has 0 aliphatic heterocycles. The van der Waals surface area contributed by atoms with Crippen LogP contribution < -0.4 is 11.1 Å². The summed E-state index contributed by atoms with van der Waals surface area (Å²) in [5, 5.41) is 2.60. The average Bonchev–Trinajstić information content (AvgIpc) is 2.46. The Hall–Kier alpha value is -0.400. The van der Waals surface area contributed by atoms with Crippen molar-refractivity contribution in [3.05, 3.63) is 19.2 Å². The molecule has 4 nitrogen and oxygen atoms in total. The van der Waals surface area contributed by atoms with Gasteiger partial charge in [0.15, 0.2) is 0 Å². The quantitative estimate of drug-likeness (QED) is 0.865. The van der Waals surface area contributed by atoms with E-state index in [2.05, 4.69) is 37.2 Å². The minimum Gasteiger partial charge on any atom is -0.370 e. The topological polar surface area (TPSA) is 72.2 Å². The molecular weight excluding hydrogens is 348 g/mol. The number of amides is 2. The Morgan fingerprint density at radius 1 is 1.47 bits per heavy atom. The monoisotopic (exact) mass is 354 g/mol. The molecule has 7 heteroatoms. The third-order valence-electron chi connectivity index (χ3n) is 1.53. The highest BCUT2D eigenvalue weighted by Gasteiger charge is 2.11. The van der Waals surface area contributed by atoms with Crippen LogP contribution in [0.1, 0.15) is 16.1 Å². The van der Waals surface area contributed by atoms with E-state index in [0.29, 0.717) is 4.88 Å². The SMILES string of the molecule is NC(=O)CCNC(=O)c1cc(Br)c(Br)s1. The first-order valence-corrected chi connectivity index (χ1v) is 6.42. The van der Waals surface area contributed by atoms with Gasteiger partial charge in [0.1, 0.15) is 0 Å². The number of rotatable bonds is 4. The summed E-state index contributed by atoms with van der Waals surface area (Å²) >= 11 is 7.90. The fraction of sp³-hybridized carbons (Fsp3) is 0.250. The van der Waals surface area contributed by atoms with Gasteiger partial charge < -0.3 is 11.1 Å². The lowest BCUT2D eigenvalue weighted by Gasteiger charge is -2.00. The van der Waals surface area contributed by atoms with Crippen molar-refractivity contribution in [2.24, 2.45) is 5.73 Å². The van der Waals surface area contributed by atoms with Crippen molar-refractivity contribution in [2.45, 2.75) is 6.42 Å². The van der Waals surface area contributed by atoms with E-state index in [0.717, 1.165) is 8.26 Å². The number of primary amides is 1. The average molecular weight is 356 g/mol. The Labute approximate surface area is 107 Å². The summed E-state index contributed by atoms with van der Waals surface area (Å²) in [5.74, 6) is -0.628. The Morgan fingerprint density at radius 2 is 2.13 bits per heavy atom. The molecule has 0 bridgehead atoms. The van der Waals surface area contributed by atoms with Gasteiger partial charge in [0.2, 0.25) is 5.91 Å². The fourth-order valence-corrected chi connectivity index (χ4v) is 2.80. The lowest BCUT2D eigenvalue weighted by Crippen LogP contribution is -2.27. The van der Waals surface area contributed by atoms with Crippen molar-refractivity contribution in [1.82, 2.24) is 5.32 Å². The van der Waals surface area contributed by atoms with Gasteiger partial charge in [0.05, 0.1) is 8.66 Å². The molecule has 15 heavy (non-hydrogen) atoms. The maximum Gasteiger partial charge on any atom is 0.261 e. The zero-order valence-electron chi connectivity index (χ0n) is 7.55. The van der Waals surface area contributed by atoms with Crippen LogP contribution in [0.5, 0.6) is 0 Å². The minimum absolute atomic E-state index is 0.152. The van der Waals surface area contributed by atoms with Crippen molar-refractivity contribution >= 4 is 55.0 Å². The molecule has 82 valence electrons. The maximum atomic E-state index is 11.5. The van der Waals surface area contributed by atoms with Gasteiger partial charge in [-0.3, -0.25) is 9.59 Å². The predicted octanol–water partition coefficient (Wildman–Crippen LogP) is 1.88. The van der Waals surface area contributed by atoms with Crippen LogP contribution in [0.4, 0.5) is 0 Å². The summed E-state index contributed by atoms with van der Waals surface area (Å²) < 4.78 is 1.70. The second-order valence-corrected chi connectivity index (χ2v) is 5.93. The molecule has 1 aromatic rings. The molecule has 1 aromatic heterocycles. The van der Waals surface area contributed by atoms with Crippen molar-refractivity contribution in [2.75, 3.05) is 6.54 Å². The molecule has 0 atom stereocenters. The molecular formula is C8H8Br2N2O2S. The Kier molecular flexibility index (Phi) is 4.75. The molecule has 0 radical (unpaired) electrons. The predicted molar refractivity (Wildman–Crippen MR) is 65.9 cm³/mol. The summed E-state index contributed by atoms with van der Waals surface area (Å²) in [7, 11) is 0. The molecule has 2 amide bonds. The van der Waals surface area contributed by atoms with E-state index in [1.54, 1.807) is 6.07 Å². The molecule has 0 aliphatic rings. The van der Waals surface area contributed by atoms with Crippen molar-refractivity contribution < 1.29 is 9.59 Å². The lowest BCUT2D eigenvalue weighted by atomic mass is 10.4. The van der Waals surface area contributed by atoms with Gasteiger partial charge in [0, 0.05) is 17.4 Å². The first kappa shape index (κ1) is 12.7. The summed E-state index contributed by atoms with van der Waals surface area (Å²) in [4.78, 5) is 22.5. The molecule has 0 saturated carbocycles. The van der Waals surface area contributed by atoms with Crippen LogP contribution in [-0.2, 0) is 4.79 Å². The number of carbonyl (C=O) groups excluding carboxylic acids is 2. The van der Waals surface area contributed by atoms with Crippen molar-refractivity contribution in [3.63, 3.8) is 0 Å². The van der Waals surface area contributed by atoms with Crippen molar-refractivity contribution in [3.8, 4) is 0 Å². The molecule has 0 saturated heterocycles. The molecule has 0 fully saturated rings. The van der Waals surface area contributed by atoms with E-state index in [4.69, 9.17) is 5.73 Å². The number of nitrogens with two attached hydrogens (primary N) is 1. The van der Waals surface area contributed by atoms with E-state index in [9.17, 15) is 9.59 Å². The van der Waals surface area contributed by atoms with E-state index < -0.39 is 5.91 Å². The van der Waals surface area contributed by atoms with Crippen LogP contribution in [-0.4, -0.2) is 18.4 Å². The van der Waals surface area contributed by atoms with Gasteiger partial charge in [-0.2, -0.15) is 0 Å². The van der Waals surface area contributed by atoms with Crippen LogP contribution in [0.2, 0.25) is 0 Å². The highest BCUT2D eigenvalue weighted by atomic mass is 79.9. The van der Waals surface area contributed by atoms with E-state index >= 15 is 0 Å². The number of hydrogen-bond donors (Lipinski definition) is 2. The summed E-state index contributed by atoms with van der Waals surface area (Å²) in [6.07, 6.45) is 0.152. The lowest BCUT2D eigenvalue weighted by molar-refractivity contribution is -0.117. The summed E-state index contributed by atoms with van der Waals surface area (Å²) in [5.41, 5.74) is 4.94. The standard InChI is InChI=1S/C8H8Br2N2O2S/c9-4-3-5(15-7(4)10)8(14)12-2-1-6(11)13/h3H,1-2H2,(H2,11,13)(H,12,14). The Bertz CT molecular complexity index is 372. The van der Waals surface area contributed by atoms with Gasteiger partial charge in [-0.25, -0.2) is 0 Å². The van der Waals surface area contributed by atoms with Gasteiger partial charge in [-0.1, -0.05) is 0 Å². The number of thiophene rings is 1. The number of carbonyl (C=O) groups is 2. The number of hydrogen-bond acceptors (Lipinski definition) is 3. The third-order valence-corrected chi connectivity index (χ3v) is 4.78. The van der Waals surface area contributed by atoms with Gasteiger partial charge in [-0.15, -0.1) is 11.3 Å². The molecule has 0 spiro atoms. The van der Waals surface area contributed by atoms with Crippen LogP contribution >= 0.6 is 43.2 Å². The molecule has 1 heterocycles. The van der Waals surface area contributed by atoms with Crippen molar-refractivity contribution in [1.29, 1.82) is 0 Å². The minimum atomic E-state index is -0.427. The summed E-state index contributed by atoms with van der Waals surface area (Å²) in [6.45, 7) is 0.265. The van der Waals surface area contributed by atoms with Crippen LogP contribution in [0, 0.1) is 0 Å². The normalized spacial score (nSPS) is 10.0. The van der Waals surface area contributed by atoms with E-state index in [-0.39, 0.29) is 18.9 Å². The second kappa shape index (κ2) is 5.62. The number of halogens is 2. The van der Waals surface area contributed by atoms with Gasteiger partial charge in [0.25, 0.3) is 5.91 Å². The first-order valence-electron chi connectivity index (χ1n) is 4.02. The summed E-state index contributed by atoms with van der Waals surface area (Å²) in [6, 6.07) is 1.72. The highest BCUT2D eigenvalue weighted by molar-refractivity contribution is 9.13. The van der Waals surface area contributed by atoms with E-state index in [1.807, 2.05) is 0 Å². The number of nitrogens with one attached hydrogen (secondary N) is 1. The Balaban J connectivity index is 2.50. The smallest absolute Gasteiger partial charge is 0.261 e. The first-order chi connectivity index (χ1) is 7.00. The maximum absolute atomic E-state index is 11.5. The highest BCUT2D eigenvalue weighted by Crippen LogP contribution is 2.32. The fourth-order valence-electron chi connectivity index (χ4n) is 0.845. The van der Waals surface area contributed by atoms with E-state index in [1.165, 1.54) is 11.3 Å². The molecule has 0 aliphatic carbocycles. The van der Waals surface area contributed by atoms with Crippen LogP contribution in [0.3, 0.4) is 0 Å². The molecule has 3 N–H and O–H groups in total. The molecule has 1 rings (SSSR count). The van der Waals surface area contributed by atoms with Gasteiger partial charge >= 0.3 is 0 Å².